The molecule has 2 aromatic rings. The molecule has 24 heavy (non-hydrogen) atoms. The quantitative estimate of drug-likeness (QED) is 0.635. The highest BCUT2D eigenvalue weighted by Crippen LogP contribution is 2.39. The van der Waals surface area contributed by atoms with Gasteiger partial charge < -0.3 is 10.2 Å². The number of para-hydroxylation sites is 1. The molecule has 0 bridgehead atoms. The second-order valence-corrected chi connectivity index (χ2v) is 6.87. The lowest BCUT2D eigenvalue weighted by molar-refractivity contribution is 0.0806. The fourth-order valence-corrected chi connectivity index (χ4v) is 3.65. The number of nitrogens with one attached hydrogen (secondary N) is 1. The van der Waals surface area contributed by atoms with Crippen LogP contribution in [-0.4, -0.2) is 23.7 Å². The summed E-state index contributed by atoms with van der Waals surface area (Å²) >= 11 is 11.6. The van der Waals surface area contributed by atoms with Crippen LogP contribution < -0.4 is 10.2 Å². The zero-order valence-corrected chi connectivity index (χ0v) is 15.4. The largest absolute Gasteiger partial charge is 0.493 e. The van der Waals surface area contributed by atoms with E-state index in [9.17, 15) is 0 Å². The van der Waals surface area contributed by atoms with Gasteiger partial charge in [0.05, 0.1) is 12.6 Å². The van der Waals surface area contributed by atoms with Crippen molar-refractivity contribution in [3.8, 4) is 5.75 Å². The Labute approximate surface area is 153 Å². The Balaban J connectivity index is 1.82. The molecule has 0 aliphatic carbocycles. The van der Waals surface area contributed by atoms with E-state index in [1.807, 2.05) is 43.4 Å². The van der Waals surface area contributed by atoms with Crippen molar-refractivity contribution in [1.82, 2.24) is 10.4 Å². The number of hydrazine groups is 1. The predicted molar refractivity (Wildman–Crippen MR) is 103 cm³/mol. The van der Waals surface area contributed by atoms with E-state index in [0.29, 0.717) is 22.5 Å². The van der Waals surface area contributed by atoms with Crippen molar-refractivity contribution in [1.29, 1.82) is 0 Å². The first kappa shape index (κ1) is 17.2. The minimum atomic E-state index is 0.206. The number of fused-ring (bicyclic) bond motifs is 1. The van der Waals surface area contributed by atoms with Crippen molar-refractivity contribution in [2.75, 3.05) is 13.7 Å². The second kappa shape index (κ2) is 7.51. The van der Waals surface area contributed by atoms with Gasteiger partial charge in [0.25, 0.3) is 0 Å². The Bertz CT molecular complexity index is 737. The van der Waals surface area contributed by atoms with Crippen molar-refractivity contribution in [2.45, 2.75) is 19.4 Å². The summed E-state index contributed by atoms with van der Waals surface area (Å²) in [6.45, 7) is 2.91. The van der Waals surface area contributed by atoms with Gasteiger partial charge in [-0.05, 0) is 24.6 Å². The summed E-state index contributed by atoms with van der Waals surface area (Å²) in [4.78, 5) is 0.666. The van der Waals surface area contributed by atoms with Crippen molar-refractivity contribution in [3.63, 3.8) is 0 Å². The van der Waals surface area contributed by atoms with Gasteiger partial charge in [0.15, 0.2) is 0 Å². The van der Waals surface area contributed by atoms with Crippen LogP contribution in [0, 0.1) is 5.92 Å². The van der Waals surface area contributed by atoms with Crippen LogP contribution in [0.1, 0.15) is 30.5 Å². The Morgan fingerprint density at radius 1 is 1.29 bits per heavy atom. The Kier molecular flexibility index (Phi) is 5.39. The molecule has 0 amide bonds. The van der Waals surface area contributed by atoms with Crippen LogP contribution in [-0.2, 0) is 0 Å². The summed E-state index contributed by atoms with van der Waals surface area (Å²) in [6, 6.07) is 16.0. The normalized spacial score (nSPS) is 19.5. The van der Waals surface area contributed by atoms with Gasteiger partial charge in [-0.2, -0.15) is 0 Å². The van der Waals surface area contributed by atoms with E-state index in [1.54, 1.807) is 0 Å². The maximum Gasteiger partial charge on any atom is 0.124 e. The molecule has 126 valence electrons. The molecular weight excluding hydrogens is 340 g/mol. The molecule has 2 unspecified atom stereocenters. The van der Waals surface area contributed by atoms with E-state index in [0.717, 1.165) is 17.7 Å². The van der Waals surface area contributed by atoms with Crippen LogP contribution in [0.3, 0.4) is 0 Å². The Morgan fingerprint density at radius 3 is 2.83 bits per heavy atom. The first-order valence-electron chi connectivity index (χ1n) is 8.11. The Morgan fingerprint density at radius 2 is 2.08 bits per heavy atom. The van der Waals surface area contributed by atoms with E-state index in [4.69, 9.17) is 28.6 Å². The second-order valence-electron chi connectivity index (χ2n) is 6.02. The maximum absolute atomic E-state index is 6.07. The summed E-state index contributed by atoms with van der Waals surface area (Å²) in [6.07, 6.45) is 1.04. The number of hydrogen-bond donors (Lipinski definition) is 1. The molecule has 0 radical (unpaired) electrons. The molecule has 0 fully saturated rings. The van der Waals surface area contributed by atoms with Gasteiger partial charge in [-0.3, -0.25) is 0 Å². The number of rotatable bonds is 4. The third kappa shape index (κ3) is 3.56. The minimum Gasteiger partial charge on any atom is -0.493 e. The number of hydrogen-bond acceptors (Lipinski definition) is 3. The van der Waals surface area contributed by atoms with Gasteiger partial charge in [0.1, 0.15) is 10.7 Å². The predicted octanol–water partition coefficient (Wildman–Crippen LogP) is 4.61. The summed E-state index contributed by atoms with van der Waals surface area (Å²) in [7, 11) is 2.03. The van der Waals surface area contributed by atoms with E-state index in [-0.39, 0.29) is 6.04 Å². The molecule has 0 saturated heterocycles. The average molecular weight is 361 g/mol. The standard InChI is InChI=1S/C19H21ClN2OS/c1-3-13-12-23-17-10-5-4-9-16(17)18(13)22(2)21-19(24)14-7-6-8-15(20)11-14/h4-11,13,18H,3,12H2,1-2H3,(H,21,24). The highest BCUT2D eigenvalue weighted by molar-refractivity contribution is 7.80. The molecule has 2 aromatic carbocycles. The van der Waals surface area contributed by atoms with Gasteiger partial charge in [0, 0.05) is 29.1 Å². The third-order valence-electron chi connectivity index (χ3n) is 4.44. The third-order valence-corrected chi connectivity index (χ3v) is 5.01. The lowest BCUT2D eigenvalue weighted by atomic mass is 9.88. The summed E-state index contributed by atoms with van der Waals surface area (Å²) < 4.78 is 5.91. The molecule has 1 aliphatic rings. The van der Waals surface area contributed by atoms with Crippen molar-refractivity contribution < 1.29 is 4.74 Å². The number of nitrogens with zero attached hydrogens (tertiary/aromatic N) is 1. The summed E-state index contributed by atoms with van der Waals surface area (Å²) in [5.74, 6) is 1.36. The smallest absolute Gasteiger partial charge is 0.124 e. The molecule has 3 nitrogen and oxygen atoms in total. The first-order valence-corrected chi connectivity index (χ1v) is 8.90. The van der Waals surface area contributed by atoms with Crippen LogP contribution in [0.5, 0.6) is 5.75 Å². The number of halogens is 1. The molecule has 2 atom stereocenters. The highest BCUT2D eigenvalue weighted by atomic mass is 35.5. The van der Waals surface area contributed by atoms with Crippen LogP contribution in [0.15, 0.2) is 48.5 Å². The van der Waals surface area contributed by atoms with E-state index in [2.05, 4.69) is 29.5 Å². The topological polar surface area (TPSA) is 24.5 Å². The highest BCUT2D eigenvalue weighted by Gasteiger charge is 2.33. The van der Waals surface area contributed by atoms with Crippen LogP contribution in [0.2, 0.25) is 5.02 Å². The van der Waals surface area contributed by atoms with Gasteiger partial charge >= 0.3 is 0 Å². The molecule has 0 spiro atoms. The monoisotopic (exact) mass is 360 g/mol. The molecule has 3 rings (SSSR count). The number of benzene rings is 2. The van der Waals surface area contributed by atoms with Gasteiger partial charge in [-0.15, -0.1) is 0 Å². The average Bonchev–Trinajstić information content (AvgIpc) is 2.60. The molecule has 0 saturated carbocycles. The van der Waals surface area contributed by atoms with E-state index >= 15 is 0 Å². The Hall–Kier alpha value is -1.62. The van der Waals surface area contributed by atoms with Crippen molar-refractivity contribution in [2.24, 2.45) is 5.92 Å². The molecule has 5 heteroatoms. The minimum absolute atomic E-state index is 0.206. The number of thiocarbonyl (C=S) groups is 1. The van der Waals surface area contributed by atoms with E-state index < -0.39 is 0 Å². The van der Waals surface area contributed by atoms with Gasteiger partial charge in [-0.1, -0.05) is 61.1 Å². The molecule has 1 aliphatic heterocycles. The summed E-state index contributed by atoms with van der Waals surface area (Å²) in [5, 5.41) is 2.78. The van der Waals surface area contributed by atoms with Gasteiger partial charge in [-0.25, -0.2) is 5.01 Å². The zero-order chi connectivity index (χ0) is 17.1. The van der Waals surface area contributed by atoms with Gasteiger partial charge in [0.2, 0.25) is 0 Å². The van der Waals surface area contributed by atoms with Crippen molar-refractivity contribution >= 4 is 28.8 Å². The van der Waals surface area contributed by atoms with Crippen LogP contribution in [0.25, 0.3) is 0 Å². The summed E-state index contributed by atoms with van der Waals surface area (Å²) in [5.41, 5.74) is 5.46. The molecule has 1 heterocycles. The fraction of sp³-hybridized carbons (Fsp3) is 0.316. The fourth-order valence-electron chi connectivity index (χ4n) is 3.19. The maximum atomic E-state index is 6.07. The van der Waals surface area contributed by atoms with Crippen LogP contribution >= 0.6 is 23.8 Å². The van der Waals surface area contributed by atoms with E-state index in [1.165, 1.54) is 5.56 Å². The lowest BCUT2D eigenvalue weighted by Gasteiger charge is -2.39. The molecule has 1 N–H and O–H groups in total. The van der Waals surface area contributed by atoms with Crippen molar-refractivity contribution in [3.05, 3.63) is 64.7 Å². The zero-order valence-electron chi connectivity index (χ0n) is 13.8. The number of ether oxygens (including phenoxy) is 1. The SMILES string of the molecule is CCC1COc2ccccc2C1N(C)NC(=S)c1cccc(Cl)c1. The lowest BCUT2D eigenvalue weighted by Crippen LogP contribution is -2.46. The first-order chi connectivity index (χ1) is 11.6. The molecule has 0 aromatic heterocycles. The van der Waals surface area contributed by atoms with Crippen LogP contribution in [0.4, 0.5) is 0 Å². The molecular formula is C19H21ClN2OS.